The Morgan fingerprint density at radius 2 is 1.67 bits per heavy atom. The van der Waals surface area contributed by atoms with E-state index in [1.54, 1.807) is 0 Å². The van der Waals surface area contributed by atoms with Crippen molar-refractivity contribution in [2.75, 3.05) is 4.90 Å². The van der Waals surface area contributed by atoms with Crippen LogP contribution in [0.25, 0.3) is 0 Å². The molecule has 0 amide bonds. The Kier molecular flexibility index (Phi) is 2.63. The van der Waals surface area contributed by atoms with E-state index in [2.05, 4.69) is 17.0 Å². The number of carbonyl (C=O) groups is 1. The standard InChI is InChI=1S/C16H15NO/c1-12-16(18)14-9-5-6-10-15(14)17(12)11-13-7-3-2-4-8-13/h2-10,12H,11H2,1H3. The van der Waals surface area contributed by atoms with Gasteiger partial charge in [0.1, 0.15) is 0 Å². The third kappa shape index (κ3) is 1.70. The molecule has 1 aliphatic rings. The van der Waals surface area contributed by atoms with Crippen molar-refractivity contribution in [2.45, 2.75) is 19.5 Å². The molecule has 0 aromatic heterocycles. The molecule has 0 saturated carbocycles. The molecule has 2 aromatic carbocycles. The molecule has 0 saturated heterocycles. The zero-order chi connectivity index (χ0) is 12.5. The van der Waals surface area contributed by atoms with Gasteiger partial charge in [0, 0.05) is 17.8 Å². The van der Waals surface area contributed by atoms with Gasteiger partial charge in [0.05, 0.1) is 6.04 Å². The zero-order valence-corrected chi connectivity index (χ0v) is 10.3. The van der Waals surface area contributed by atoms with Crippen molar-refractivity contribution in [3.05, 3.63) is 65.7 Å². The van der Waals surface area contributed by atoms with Crippen LogP contribution in [-0.4, -0.2) is 11.8 Å². The Hall–Kier alpha value is -2.09. The molecule has 2 heteroatoms. The molecule has 3 rings (SSSR count). The lowest BCUT2D eigenvalue weighted by Crippen LogP contribution is -2.31. The fourth-order valence-electron chi connectivity index (χ4n) is 2.51. The highest BCUT2D eigenvalue weighted by Gasteiger charge is 2.33. The summed E-state index contributed by atoms with van der Waals surface area (Å²) in [5.41, 5.74) is 3.13. The number of nitrogens with zero attached hydrogens (tertiary/aromatic N) is 1. The van der Waals surface area contributed by atoms with Crippen LogP contribution in [0, 0.1) is 0 Å². The van der Waals surface area contributed by atoms with Crippen LogP contribution < -0.4 is 4.90 Å². The van der Waals surface area contributed by atoms with Gasteiger partial charge < -0.3 is 4.90 Å². The van der Waals surface area contributed by atoms with E-state index in [0.717, 1.165) is 17.8 Å². The molecule has 1 heterocycles. The molecule has 0 N–H and O–H groups in total. The van der Waals surface area contributed by atoms with Crippen LogP contribution in [-0.2, 0) is 6.54 Å². The number of rotatable bonds is 2. The van der Waals surface area contributed by atoms with Crippen LogP contribution >= 0.6 is 0 Å². The monoisotopic (exact) mass is 237 g/mol. The van der Waals surface area contributed by atoms with Crippen LogP contribution in [0.5, 0.6) is 0 Å². The van der Waals surface area contributed by atoms with Crippen LogP contribution in [0.1, 0.15) is 22.8 Å². The summed E-state index contributed by atoms with van der Waals surface area (Å²) in [6.07, 6.45) is 0. The number of carbonyl (C=O) groups excluding carboxylic acids is 1. The van der Waals surface area contributed by atoms with Gasteiger partial charge in [0.15, 0.2) is 5.78 Å². The average Bonchev–Trinajstić information content (AvgIpc) is 2.66. The van der Waals surface area contributed by atoms with Crippen molar-refractivity contribution in [3.63, 3.8) is 0 Å². The van der Waals surface area contributed by atoms with Crippen molar-refractivity contribution in [1.82, 2.24) is 0 Å². The van der Waals surface area contributed by atoms with Crippen LogP contribution in [0.15, 0.2) is 54.6 Å². The minimum Gasteiger partial charge on any atom is -0.356 e. The number of hydrogen-bond acceptors (Lipinski definition) is 2. The first-order chi connectivity index (χ1) is 8.77. The van der Waals surface area contributed by atoms with Crippen molar-refractivity contribution < 1.29 is 4.79 Å². The van der Waals surface area contributed by atoms with Gasteiger partial charge in [-0.25, -0.2) is 0 Å². The normalized spacial score (nSPS) is 17.9. The van der Waals surface area contributed by atoms with E-state index in [0.29, 0.717) is 0 Å². The lowest BCUT2D eigenvalue weighted by Gasteiger charge is -2.23. The quantitative estimate of drug-likeness (QED) is 0.799. The Balaban J connectivity index is 1.96. The molecule has 1 unspecified atom stereocenters. The molecule has 0 aliphatic carbocycles. The molecular weight excluding hydrogens is 222 g/mol. The third-order valence-electron chi connectivity index (χ3n) is 3.52. The molecule has 2 nitrogen and oxygen atoms in total. The second kappa shape index (κ2) is 4.30. The molecule has 0 spiro atoms. The second-order valence-corrected chi connectivity index (χ2v) is 4.67. The molecule has 90 valence electrons. The number of hydrogen-bond donors (Lipinski definition) is 0. The summed E-state index contributed by atoms with van der Waals surface area (Å²) in [5.74, 6) is 0.224. The third-order valence-corrected chi connectivity index (χ3v) is 3.52. The van der Waals surface area contributed by atoms with Gasteiger partial charge in [0.25, 0.3) is 0 Å². The number of benzene rings is 2. The molecule has 2 aromatic rings. The Bertz CT molecular complexity index is 577. The Morgan fingerprint density at radius 1 is 1.00 bits per heavy atom. The van der Waals surface area contributed by atoms with Gasteiger partial charge in [-0.15, -0.1) is 0 Å². The minimum atomic E-state index is -0.0670. The molecule has 1 aliphatic heterocycles. The topological polar surface area (TPSA) is 20.3 Å². The summed E-state index contributed by atoms with van der Waals surface area (Å²) in [5, 5.41) is 0. The first kappa shape index (κ1) is 11.0. The van der Waals surface area contributed by atoms with Gasteiger partial charge >= 0.3 is 0 Å². The number of fused-ring (bicyclic) bond motifs is 1. The highest BCUT2D eigenvalue weighted by molar-refractivity contribution is 6.10. The summed E-state index contributed by atoms with van der Waals surface area (Å²) in [7, 11) is 0. The number of Topliss-reactive ketones (excluding diaryl/α,β-unsaturated/α-hetero) is 1. The first-order valence-corrected chi connectivity index (χ1v) is 6.21. The van der Waals surface area contributed by atoms with Gasteiger partial charge in [-0.1, -0.05) is 42.5 Å². The minimum absolute atomic E-state index is 0.0670. The fraction of sp³-hybridized carbons (Fsp3) is 0.188. The molecular formula is C16H15NO. The SMILES string of the molecule is CC1C(=O)c2ccccc2N1Cc1ccccc1. The molecule has 0 fully saturated rings. The van der Waals surface area contributed by atoms with Crippen molar-refractivity contribution in [3.8, 4) is 0 Å². The predicted molar refractivity (Wildman–Crippen MR) is 72.9 cm³/mol. The average molecular weight is 237 g/mol. The summed E-state index contributed by atoms with van der Waals surface area (Å²) < 4.78 is 0. The maximum atomic E-state index is 12.2. The van der Waals surface area contributed by atoms with Gasteiger partial charge in [-0.3, -0.25) is 4.79 Å². The first-order valence-electron chi connectivity index (χ1n) is 6.21. The molecule has 0 radical (unpaired) electrons. The summed E-state index contributed by atoms with van der Waals surface area (Å²) in [4.78, 5) is 14.3. The van der Waals surface area contributed by atoms with E-state index in [1.165, 1.54) is 5.56 Å². The van der Waals surface area contributed by atoms with Crippen molar-refractivity contribution in [1.29, 1.82) is 0 Å². The largest absolute Gasteiger partial charge is 0.356 e. The smallest absolute Gasteiger partial charge is 0.187 e. The van der Waals surface area contributed by atoms with Gasteiger partial charge in [-0.2, -0.15) is 0 Å². The van der Waals surface area contributed by atoms with E-state index >= 15 is 0 Å². The lowest BCUT2D eigenvalue weighted by molar-refractivity contribution is 0.0976. The van der Waals surface area contributed by atoms with Crippen molar-refractivity contribution in [2.24, 2.45) is 0 Å². The van der Waals surface area contributed by atoms with Gasteiger partial charge in [-0.05, 0) is 24.6 Å². The second-order valence-electron chi connectivity index (χ2n) is 4.67. The Labute approximate surface area is 107 Å². The van der Waals surface area contributed by atoms with E-state index in [4.69, 9.17) is 0 Å². The summed E-state index contributed by atoms with van der Waals surface area (Å²) in [6.45, 7) is 2.76. The van der Waals surface area contributed by atoms with E-state index in [-0.39, 0.29) is 11.8 Å². The maximum Gasteiger partial charge on any atom is 0.187 e. The fourth-order valence-corrected chi connectivity index (χ4v) is 2.51. The highest BCUT2D eigenvalue weighted by Crippen LogP contribution is 2.32. The van der Waals surface area contributed by atoms with E-state index < -0.39 is 0 Å². The van der Waals surface area contributed by atoms with E-state index in [9.17, 15) is 4.79 Å². The highest BCUT2D eigenvalue weighted by atomic mass is 16.1. The lowest BCUT2D eigenvalue weighted by atomic mass is 10.1. The number of ketones is 1. The number of anilines is 1. The van der Waals surface area contributed by atoms with E-state index in [1.807, 2.05) is 49.4 Å². The van der Waals surface area contributed by atoms with Crippen LogP contribution in [0.3, 0.4) is 0 Å². The Morgan fingerprint density at radius 3 is 2.44 bits per heavy atom. The molecule has 0 bridgehead atoms. The summed E-state index contributed by atoms with van der Waals surface area (Å²) in [6, 6.07) is 18.1. The van der Waals surface area contributed by atoms with Crippen molar-refractivity contribution >= 4 is 11.5 Å². The van der Waals surface area contributed by atoms with Crippen LogP contribution in [0.4, 0.5) is 5.69 Å². The molecule has 18 heavy (non-hydrogen) atoms. The predicted octanol–water partition coefficient (Wildman–Crippen LogP) is 3.28. The zero-order valence-electron chi connectivity index (χ0n) is 10.3. The van der Waals surface area contributed by atoms with Gasteiger partial charge in [0.2, 0.25) is 0 Å². The maximum absolute atomic E-state index is 12.2. The molecule has 1 atom stereocenters. The van der Waals surface area contributed by atoms with Crippen LogP contribution in [0.2, 0.25) is 0 Å². The summed E-state index contributed by atoms with van der Waals surface area (Å²) >= 11 is 0. The number of para-hydroxylation sites is 1.